The van der Waals surface area contributed by atoms with E-state index < -0.39 is 0 Å². The number of ether oxygens (including phenoxy) is 1. The van der Waals surface area contributed by atoms with Crippen molar-refractivity contribution in [3.8, 4) is 0 Å². The minimum Gasteiger partial charge on any atom is -0.457 e. The lowest BCUT2D eigenvalue weighted by molar-refractivity contribution is -0.143. The SMILES string of the molecule is CC1=C2[C@H]3OC(=O)[C@@H](C)[C@@H]3CC[C@@]2(C)C=C(Cl)C1=O. The molecule has 0 spiro atoms. The number of hydrogen-bond donors (Lipinski definition) is 0. The normalized spacial score (nSPS) is 41.7. The van der Waals surface area contributed by atoms with Gasteiger partial charge in [-0.05, 0) is 25.3 Å². The van der Waals surface area contributed by atoms with Gasteiger partial charge in [-0.2, -0.15) is 0 Å². The van der Waals surface area contributed by atoms with Crippen LogP contribution in [0.2, 0.25) is 0 Å². The van der Waals surface area contributed by atoms with E-state index >= 15 is 0 Å². The van der Waals surface area contributed by atoms with Crippen molar-refractivity contribution in [1.82, 2.24) is 0 Å². The van der Waals surface area contributed by atoms with Gasteiger partial charge in [0, 0.05) is 16.9 Å². The van der Waals surface area contributed by atoms with Gasteiger partial charge < -0.3 is 4.74 Å². The monoisotopic (exact) mass is 280 g/mol. The average Bonchev–Trinajstić information content (AvgIpc) is 2.61. The molecular formula is C15H17ClO3. The average molecular weight is 281 g/mol. The maximum absolute atomic E-state index is 12.1. The van der Waals surface area contributed by atoms with Crippen molar-refractivity contribution in [3.05, 3.63) is 22.3 Å². The van der Waals surface area contributed by atoms with E-state index in [2.05, 4.69) is 6.92 Å². The van der Waals surface area contributed by atoms with Crippen molar-refractivity contribution in [1.29, 1.82) is 0 Å². The first-order valence-corrected chi connectivity index (χ1v) is 7.08. The van der Waals surface area contributed by atoms with E-state index in [4.69, 9.17) is 16.3 Å². The molecule has 0 aromatic rings. The highest BCUT2D eigenvalue weighted by Gasteiger charge is 2.53. The van der Waals surface area contributed by atoms with Gasteiger partial charge in [-0.15, -0.1) is 0 Å². The zero-order chi connectivity index (χ0) is 13.9. The Hall–Kier alpha value is -1.09. The van der Waals surface area contributed by atoms with E-state index in [-0.39, 0.29) is 35.1 Å². The third kappa shape index (κ3) is 1.64. The first kappa shape index (κ1) is 12.9. The summed E-state index contributed by atoms with van der Waals surface area (Å²) in [4.78, 5) is 23.9. The van der Waals surface area contributed by atoms with Crippen LogP contribution >= 0.6 is 11.6 Å². The van der Waals surface area contributed by atoms with Crippen LogP contribution in [0.25, 0.3) is 0 Å². The predicted molar refractivity (Wildman–Crippen MR) is 71.5 cm³/mol. The zero-order valence-corrected chi connectivity index (χ0v) is 12.1. The second-order valence-electron chi connectivity index (χ2n) is 6.13. The number of halogens is 1. The van der Waals surface area contributed by atoms with Crippen LogP contribution in [-0.2, 0) is 14.3 Å². The topological polar surface area (TPSA) is 43.4 Å². The molecule has 4 heteroatoms. The van der Waals surface area contributed by atoms with Crippen molar-refractivity contribution >= 4 is 23.4 Å². The number of Topliss-reactive ketones (excluding diaryl/α,β-unsaturated/α-hetero) is 1. The van der Waals surface area contributed by atoms with Crippen LogP contribution in [0.15, 0.2) is 22.3 Å². The summed E-state index contributed by atoms with van der Waals surface area (Å²) >= 11 is 6.04. The Morgan fingerprint density at radius 1 is 1.42 bits per heavy atom. The molecular weight excluding hydrogens is 264 g/mol. The van der Waals surface area contributed by atoms with Crippen LogP contribution < -0.4 is 0 Å². The lowest BCUT2D eigenvalue weighted by Crippen LogP contribution is -2.40. The Bertz CT molecular complexity index is 546. The van der Waals surface area contributed by atoms with Crippen LogP contribution in [0, 0.1) is 17.3 Å². The molecule has 1 aliphatic heterocycles. The summed E-state index contributed by atoms with van der Waals surface area (Å²) < 4.78 is 5.54. The van der Waals surface area contributed by atoms with Crippen molar-refractivity contribution in [2.75, 3.05) is 0 Å². The summed E-state index contributed by atoms with van der Waals surface area (Å²) in [5.74, 6) is -0.159. The van der Waals surface area contributed by atoms with E-state index in [9.17, 15) is 9.59 Å². The molecule has 19 heavy (non-hydrogen) atoms. The summed E-state index contributed by atoms with van der Waals surface area (Å²) in [5.41, 5.74) is 1.38. The molecule has 1 heterocycles. The minimum atomic E-state index is -0.249. The quantitative estimate of drug-likeness (QED) is 0.641. The van der Waals surface area contributed by atoms with Gasteiger partial charge in [-0.25, -0.2) is 0 Å². The molecule has 3 nitrogen and oxygen atoms in total. The summed E-state index contributed by atoms with van der Waals surface area (Å²) in [7, 11) is 0. The second-order valence-corrected chi connectivity index (χ2v) is 6.53. The lowest BCUT2D eigenvalue weighted by Gasteiger charge is -2.43. The highest BCUT2D eigenvalue weighted by Crippen LogP contribution is 2.54. The standard InChI is InChI=1S/C15H17ClO3/c1-7-9-4-5-15(3)6-10(16)12(17)8(2)11(15)13(9)19-14(7)18/h6-7,9,13H,4-5H2,1-3H3/t7-,9-,13-,15-/m0/s1. The summed E-state index contributed by atoms with van der Waals surface area (Å²) in [6.45, 7) is 5.79. The fourth-order valence-corrected chi connectivity index (χ4v) is 4.18. The van der Waals surface area contributed by atoms with E-state index in [1.54, 1.807) is 6.92 Å². The van der Waals surface area contributed by atoms with E-state index in [1.165, 1.54) is 0 Å². The lowest BCUT2D eigenvalue weighted by atomic mass is 9.61. The van der Waals surface area contributed by atoms with Gasteiger partial charge in [0.15, 0.2) is 5.78 Å². The molecule has 0 aromatic carbocycles. The molecule has 4 atom stereocenters. The molecule has 0 aromatic heterocycles. The predicted octanol–water partition coefficient (Wildman–Crippen LogP) is 2.99. The third-order valence-corrected chi connectivity index (χ3v) is 5.23. The molecule has 0 radical (unpaired) electrons. The molecule has 0 unspecified atom stereocenters. The molecule has 102 valence electrons. The molecule has 0 amide bonds. The van der Waals surface area contributed by atoms with Crippen LogP contribution in [0.5, 0.6) is 0 Å². The Kier molecular flexibility index (Phi) is 2.69. The first-order valence-electron chi connectivity index (χ1n) is 6.70. The fraction of sp³-hybridized carbons (Fsp3) is 0.600. The molecule has 2 aliphatic carbocycles. The number of carbonyl (C=O) groups excluding carboxylic acids is 2. The number of hydrogen-bond acceptors (Lipinski definition) is 3. The molecule has 0 N–H and O–H groups in total. The Morgan fingerprint density at radius 2 is 2.11 bits per heavy atom. The van der Waals surface area contributed by atoms with Gasteiger partial charge in [0.2, 0.25) is 0 Å². The number of rotatable bonds is 0. The fourth-order valence-electron chi connectivity index (χ4n) is 3.80. The summed E-state index contributed by atoms with van der Waals surface area (Å²) in [6, 6.07) is 0. The molecule has 0 bridgehead atoms. The van der Waals surface area contributed by atoms with Crippen LogP contribution in [0.3, 0.4) is 0 Å². The van der Waals surface area contributed by atoms with Gasteiger partial charge in [-0.3, -0.25) is 9.59 Å². The zero-order valence-electron chi connectivity index (χ0n) is 11.3. The number of allylic oxidation sites excluding steroid dienone is 3. The van der Waals surface area contributed by atoms with Crippen LogP contribution in [-0.4, -0.2) is 17.9 Å². The highest BCUT2D eigenvalue weighted by atomic mass is 35.5. The number of ketones is 1. The van der Waals surface area contributed by atoms with Gasteiger partial charge in [-0.1, -0.05) is 31.5 Å². The highest BCUT2D eigenvalue weighted by molar-refractivity contribution is 6.45. The Balaban J connectivity index is 2.12. The Labute approximate surface area is 117 Å². The van der Waals surface area contributed by atoms with E-state index in [1.807, 2.05) is 13.0 Å². The summed E-state index contributed by atoms with van der Waals surface area (Å²) in [5, 5.41) is 0.291. The molecule has 1 saturated heterocycles. The second kappa shape index (κ2) is 3.95. The van der Waals surface area contributed by atoms with Crippen LogP contribution in [0.1, 0.15) is 33.6 Å². The summed E-state index contributed by atoms with van der Waals surface area (Å²) in [6.07, 6.45) is 3.43. The molecule has 2 fully saturated rings. The van der Waals surface area contributed by atoms with Crippen LogP contribution in [0.4, 0.5) is 0 Å². The van der Waals surface area contributed by atoms with E-state index in [0.29, 0.717) is 10.6 Å². The maximum atomic E-state index is 12.1. The van der Waals surface area contributed by atoms with Crippen molar-refractivity contribution in [2.45, 2.75) is 39.7 Å². The van der Waals surface area contributed by atoms with Crippen molar-refractivity contribution in [2.24, 2.45) is 17.3 Å². The third-order valence-electron chi connectivity index (χ3n) is 4.95. The van der Waals surface area contributed by atoms with Gasteiger partial charge >= 0.3 is 5.97 Å². The van der Waals surface area contributed by atoms with Gasteiger partial charge in [0.1, 0.15) is 6.10 Å². The van der Waals surface area contributed by atoms with Gasteiger partial charge in [0.05, 0.1) is 11.0 Å². The van der Waals surface area contributed by atoms with E-state index in [0.717, 1.165) is 18.4 Å². The molecule has 3 rings (SSSR count). The number of fused-ring (bicyclic) bond motifs is 3. The van der Waals surface area contributed by atoms with Crippen molar-refractivity contribution in [3.63, 3.8) is 0 Å². The first-order chi connectivity index (χ1) is 8.85. The minimum absolute atomic E-state index is 0.0775. The smallest absolute Gasteiger partial charge is 0.309 e. The molecule has 3 aliphatic rings. The number of carbonyl (C=O) groups is 2. The molecule has 1 saturated carbocycles. The van der Waals surface area contributed by atoms with Crippen molar-refractivity contribution < 1.29 is 14.3 Å². The van der Waals surface area contributed by atoms with Gasteiger partial charge in [0.25, 0.3) is 0 Å². The largest absolute Gasteiger partial charge is 0.457 e. The Morgan fingerprint density at radius 3 is 2.79 bits per heavy atom. The number of esters is 1. The maximum Gasteiger partial charge on any atom is 0.309 e.